The van der Waals surface area contributed by atoms with Gasteiger partial charge in [-0.15, -0.1) is 0 Å². The second-order valence-corrected chi connectivity index (χ2v) is 7.83. The van der Waals surface area contributed by atoms with Crippen LogP contribution in [0.15, 0.2) is 42.5 Å². The minimum atomic E-state index is -4.42. The standard InChI is InChI=1S/C24H24F3NO2/c1-15-11-16(2)13-19(12-15)21(24(25,26)27)9-7-18-6-8-20(17(3)14-18)23(30)28-10-4-5-22(28)29/h6-9,11-14,21H,4-5,10H2,1-3H3/b9-7+. The van der Waals surface area contributed by atoms with E-state index in [4.69, 9.17) is 0 Å². The molecule has 3 rings (SSSR count). The first-order chi connectivity index (χ1) is 14.1. The number of hydrogen-bond acceptors (Lipinski definition) is 2. The van der Waals surface area contributed by atoms with Gasteiger partial charge in [0.05, 0.1) is 5.92 Å². The summed E-state index contributed by atoms with van der Waals surface area (Å²) in [6.45, 7) is 5.67. The van der Waals surface area contributed by atoms with Gasteiger partial charge in [-0.2, -0.15) is 13.2 Å². The first-order valence-electron chi connectivity index (χ1n) is 9.84. The Kier molecular flexibility index (Phi) is 6.15. The van der Waals surface area contributed by atoms with Crippen LogP contribution in [-0.4, -0.2) is 29.4 Å². The quantitative estimate of drug-likeness (QED) is 0.598. The van der Waals surface area contributed by atoms with Gasteiger partial charge in [-0.05, 0) is 49.9 Å². The number of alkyl halides is 3. The van der Waals surface area contributed by atoms with E-state index in [9.17, 15) is 22.8 Å². The number of halogens is 3. The summed E-state index contributed by atoms with van der Waals surface area (Å²) < 4.78 is 41.1. The van der Waals surface area contributed by atoms with E-state index in [1.807, 2.05) is 6.07 Å². The zero-order chi connectivity index (χ0) is 22.1. The highest BCUT2D eigenvalue weighted by Crippen LogP contribution is 2.37. The predicted octanol–water partition coefficient (Wildman–Crippen LogP) is 5.73. The summed E-state index contributed by atoms with van der Waals surface area (Å²) in [5.41, 5.74) is 3.34. The predicted molar refractivity (Wildman–Crippen MR) is 110 cm³/mol. The minimum Gasteiger partial charge on any atom is -0.278 e. The van der Waals surface area contributed by atoms with Crippen LogP contribution >= 0.6 is 0 Å². The van der Waals surface area contributed by atoms with Crippen molar-refractivity contribution in [1.29, 1.82) is 0 Å². The molecule has 0 bridgehead atoms. The smallest absolute Gasteiger partial charge is 0.278 e. The third-order valence-electron chi connectivity index (χ3n) is 5.24. The molecule has 6 heteroatoms. The van der Waals surface area contributed by atoms with E-state index in [0.717, 1.165) is 17.2 Å². The van der Waals surface area contributed by atoms with Gasteiger partial charge in [-0.1, -0.05) is 53.6 Å². The zero-order valence-corrected chi connectivity index (χ0v) is 17.2. The van der Waals surface area contributed by atoms with Gasteiger partial charge >= 0.3 is 6.18 Å². The number of nitrogens with zero attached hydrogens (tertiary/aromatic N) is 1. The first kappa shape index (κ1) is 21.8. The van der Waals surface area contributed by atoms with Crippen molar-refractivity contribution in [3.05, 3.63) is 75.9 Å². The topological polar surface area (TPSA) is 37.4 Å². The van der Waals surface area contributed by atoms with Gasteiger partial charge in [0.15, 0.2) is 0 Å². The molecule has 2 amide bonds. The maximum absolute atomic E-state index is 13.7. The van der Waals surface area contributed by atoms with Crippen LogP contribution in [0.1, 0.15) is 56.9 Å². The molecule has 0 N–H and O–H groups in total. The molecular weight excluding hydrogens is 391 g/mol. The number of carbonyl (C=O) groups is 2. The highest BCUT2D eigenvalue weighted by Gasteiger charge is 2.39. The molecule has 2 aromatic carbocycles. The van der Waals surface area contributed by atoms with Gasteiger partial charge in [0, 0.05) is 18.5 Å². The van der Waals surface area contributed by atoms with Gasteiger partial charge in [-0.25, -0.2) is 0 Å². The maximum Gasteiger partial charge on any atom is 0.399 e. The van der Waals surface area contributed by atoms with Crippen molar-refractivity contribution in [2.75, 3.05) is 6.54 Å². The molecule has 158 valence electrons. The molecule has 2 aromatic rings. The number of imide groups is 1. The molecule has 1 unspecified atom stereocenters. The molecule has 1 fully saturated rings. The Hall–Kier alpha value is -2.89. The van der Waals surface area contributed by atoms with Gasteiger partial charge in [0.25, 0.3) is 5.91 Å². The summed E-state index contributed by atoms with van der Waals surface area (Å²) in [6, 6.07) is 9.78. The fraction of sp³-hybridized carbons (Fsp3) is 0.333. The number of benzene rings is 2. The number of allylic oxidation sites excluding steroid dienone is 1. The maximum atomic E-state index is 13.7. The SMILES string of the molecule is Cc1cc(C)cc(C(/C=C/c2ccc(C(=O)N3CCCC3=O)c(C)c2)C(F)(F)F)c1. The summed E-state index contributed by atoms with van der Waals surface area (Å²) in [7, 11) is 0. The number of aryl methyl sites for hydroxylation is 3. The first-order valence-corrected chi connectivity index (χ1v) is 9.84. The van der Waals surface area contributed by atoms with Crippen LogP contribution in [0, 0.1) is 20.8 Å². The van der Waals surface area contributed by atoms with E-state index >= 15 is 0 Å². The highest BCUT2D eigenvalue weighted by atomic mass is 19.4. The molecule has 30 heavy (non-hydrogen) atoms. The molecule has 1 heterocycles. The number of amides is 2. The average molecular weight is 415 g/mol. The van der Waals surface area contributed by atoms with Gasteiger partial charge < -0.3 is 0 Å². The van der Waals surface area contributed by atoms with Crippen molar-refractivity contribution in [1.82, 2.24) is 4.90 Å². The monoisotopic (exact) mass is 415 g/mol. The van der Waals surface area contributed by atoms with Gasteiger partial charge in [0.1, 0.15) is 0 Å². The van der Waals surface area contributed by atoms with Crippen LogP contribution in [0.25, 0.3) is 6.08 Å². The summed E-state index contributed by atoms with van der Waals surface area (Å²) in [5, 5.41) is 0. The largest absolute Gasteiger partial charge is 0.399 e. The van der Waals surface area contributed by atoms with Crippen LogP contribution in [0.3, 0.4) is 0 Å². The molecule has 0 aromatic heterocycles. The second-order valence-electron chi connectivity index (χ2n) is 7.83. The van der Waals surface area contributed by atoms with Crippen LogP contribution in [-0.2, 0) is 4.79 Å². The van der Waals surface area contributed by atoms with Crippen LogP contribution in [0.5, 0.6) is 0 Å². The van der Waals surface area contributed by atoms with E-state index in [1.165, 1.54) is 11.0 Å². The summed E-state index contributed by atoms with van der Waals surface area (Å²) >= 11 is 0. The van der Waals surface area contributed by atoms with Crippen LogP contribution < -0.4 is 0 Å². The Morgan fingerprint density at radius 1 is 1.07 bits per heavy atom. The molecule has 1 aliphatic heterocycles. The third kappa shape index (κ3) is 4.81. The minimum absolute atomic E-state index is 0.190. The molecular formula is C24H24F3NO2. The van der Waals surface area contributed by atoms with E-state index in [-0.39, 0.29) is 17.4 Å². The van der Waals surface area contributed by atoms with Crippen LogP contribution in [0.2, 0.25) is 0 Å². The summed E-state index contributed by atoms with van der Waals surface area (Å²) in [6.07, 6.45) is -0.824. The number of rotatable bonds is 4. The molecule has 0 spiro atoms. The molecule has 1 aliphatic rings. The molecule has 0 saturated carbocycles. The van der Waals surface area contributed by atoms with Gasteiger partial charge in [-0.3, -0.25) is 14.5 Å². The van der Waals surface area contributed by atoms with E-state index in [1.54, 1.807) is 51.1 Å². The lowest BCUT2D eigenvalue weighted by Crippen LogP contribution is -2.32. The lowest BCUT2D eigenvalue weighted by Gasteiger charge is -2.19. The lowest BCUT2D eigenvalue weighted by molar-refractivity contribution is -0.139. The Bertz CT molecular complexity index is 988. The summed E-state index contributed by atoms with van der Waals surface area (Å²) in [4.78, 5) is 25.6. The van der Waals surface area contributed by atoms with Gasteiger partial charge in [0.2, 0.25) is 5.91 Å². The Morgan fingerprint density at radius 3 is 2.27 bits per heavy atom. The zero-order valence-electron chi connectivity index (χ0n) is 17.2. The molecule has 3 nitrogen and oxygen atoms in total. The van der Waals surface area contributed by atoms with E-state index < -0.39 is 12.1 Å². The fourth-order valence-corrected chi connectivity index (χ4v) is 3.84. The molecule has 1 atom stereocenters. The average Bonchev–Trinajstić information content (AvgIpc) is 3.05. The van der Waals surface area contributed by atoms with Crippen molar-refractivity contribution >= 4 is 17.9 Å². The molecule has 1 saturated heterocycles. The van der Waals surface area contributed by atoms with Crippen molar-refractivity contribution in [2.45, 2.75) is 45.7 Å². The van der Waals surface area contributed by atoms with Crippen molar-refractivity contribution < 1.29 is 22.8 Å². The summed E-state index contributed by atoms with van der Waals surface area (Å²) in [5.74, 6) is -2.27. The number of likely N-dealkylation sites (tertiary alicyclic amines) is 1. The van der Waals surface area contributed by atoms with Crippen molar-refractivity contribution in [3.8, 4) is 0 Å². The normalized spacial score (nSPS) is 15.8. The number of hydrogen-bond donors (Lipinski definition) is 0. The fourth-order valence-electron chi connectivity index (χ4n) is 3.84. The second kappa shape index (κ2) is 8.46. The molecule has 0 aliphatic carbocycles. The van der Waals surface area contributed by atoms with E-state index in [0.29, 0.717) is 36.1 Å². The Morgan fingerprint density at radius 2 is 1.73 bits per heavy atom. The van der Waals surface area contributed by atoms with Crippen LogP contribution in [0.4, 0.5) is 13.2 Å². The Labute approximate surface area is 174 Å². The Balaban J connectivity index is 1.87. The third-order valence-corrected chi connectivity index (χ3v) is 5.24. The van der Waals surface area contributed by atoms with E-state index in [2.05, 4.69) is 0 Å². The van der Waals surface area contributed by atoms with Crippen molar-refractivity contribution in [2.24, 2.45) is 0 Å². The molecule has 0 radical (unpaired) electrons. The highest BCUT2D eigenvalue weighted by molar-refractivity contribution is 6.06. The lowest BCUT2D eigenvalue weighted by atomic mass is 9.93. The number of carbonyl (C=O) groups excluding carboxylic acids is 2. The van der Waals surface area contributed by atoms with Crippen molar-refractivity contribution in [3.63, 3.8) is 0 Å².